The summed E-state index contributed by atoms with van der Waals surface area (Å²) in [6.07, 6.45) is -0.329. The quantitative estimate of drug-likeness (QED) is 0.332. The van der Waals surface area contributed by atoms with Crippen molar-refractivity contribution in [2.75, 3.05) is 61.5 Å². The van der Waals surface area contributed by atoms with Gasteiger partial charge in [-0.15, -0.1) is 0 Å². The van der Waals surface area contributed by atoms with Crippen LogP contribution in [-0.4, -0.2) is 135 Å². The Kier molecular flexibility index (Phi) is 13.0. The Morgan fingerprint density at radius 3 is 2.35 bits per heavy atom. The van der Waals surface area contributed by atoms with Gasteiger partial charge < -0.3 is 38.6 Å². The molecule has 3 aliphatic heterocycles. The van der Waals surface area contributed by atoms with Crippen molar-refractivity contribution in [2.24, 2.45) is 17.3 Å². The van der Waals surface area contributed by atoms with Crippen LogP contribution in [0.25, 0.3) is 0 Å². The number of hydrogen-bond donors (Lipinski definition) is 1. The molecule has 3 saturated heterocycles. The van der Waals surface area contributed by atoms with Crippen LogP contribution in [0.5, 0.6) is 5.75 Å². The largest absolute Gasteiger partial charge is 0.497 e. The Hall–Kier alpha value is -2.12. The number of likely N-dealkylation sites (N-methyl/N-ethyl adjacent to an activating group) is 2. The van der Waals surface area contributed by atoms with Crippen LogP contribution < -0.4 is 4.74 Å². The number of carbonyl (C=O) groups is 2. The lowest BCUT2D eigenvalue weighted by molar-refractivity contribution is -0.295. The fraction of sp³-hybridized carbons (Fsp3) is 0.789. The molecule has 11 nitrogen and oxygen atoms in total. The third kappa shape index (κ3) is 9.22. The van der Waals surface area contributed by atoms with E-state index in [1.165, 1.54) is 5.56 Å². The zero-order chi connectivity index (χ0) is 36.3. The molecule has 0 aliphatic carbocycles. The van der Waals surface area contributed by atoms with Crippen LogP contribution >= 0.6 is 0 Å². The van der Waals surface area contributed by atoms with Crippen LogP contribution in [0, 0.1) is 17.3 Å². The number of esters is 1. The smallest absolute Gasteiger partial charge is 0.319 e. The molecule has 49 heavy (non-hydrogen) atoms. The van der Waals surface area contributed by atoms with Gasteiger partial charge in [-0.3, -0.25) is 14.5 Å². The lowest BCUT2D eigenvalue weighted by atomic mass is 9.74. The molecule has 0 radical (unpaired) electrons. The summed E-state index contributed by atoms with van der Waals surface area (Å²) in [6, 6.07) is 7.92. The monoisotopic (exact) mass is 689 g/mol. The summed E-state index contributed by atoms with van der Waals surface area (Å²) in [6.45, 7) is 14.8. The van der Waals surface area contributed by atoms with Crippen molar-refractivity contribution < 1.29 is 38.4 Å². The number of methoxy groups -OCH3 is 2. The van der Waals surface area contributed by atoms with Crippen molar-refractivity contribution in [3.8, 4) is 5.75 Å². The number of Topliss-reactive ketones (excluding diaryl/α,β-unsaturated/α-hetero) is 1. The first kappa shape index (κ1) is 39.7. The second-order valence-electron chi connectivity index (χ2n) is 16.1. The molecule has 278 valence electrons. The Bertz CT molecular complexity index is 1270. The molecule has 1 aromatic rings. The van der Waals surface area contributed by atoms with E-state index in [9.17, 15) is 14.7 Å². The van der Waals surface area contributed by atoms with Crippen molar-refractivity contribution >= 4 is 11.8 Å². The fourth-order valence-corrected chi connectivity index (χ4v) is 8.32. The molecular weight excluding hydrogens is 626 g/mol. The second-order valence-corrected chi connectivity index (χ2v) is 16.1. The third-order valence-corrected chi connectivity index (χ3v) is 11.2. The van der Waals surface area contributed by atoms with Gasteiger partial charge in [0.1, 0.15) is 22.9 Å². The minimum absolute atomic E-state index is 0.142. The van der Waals surface area contributed by atoms with Gasteiger partial charge in [-0.05, 0) is 85.3 Å². The van der Waals surface area contributed by atoms with E-state index in [2.05, 4.69) is 35.9 Å². The Labute approximate surface area is 294 Å². The number of carbonyl (C=O) groups excluding carboxylic acids is 2. The van der Waals surface area contributed by atoms with E-state index < -0.39 is 47.0 Å². The highest BCUT2D eigenvalue weighted by atomic mass is 16.7. The maximum absolute atomic E-state index is 14.5. The van der Waals surface area contributed by atoms with Crippen molar-refractivity contribution in [1.29, 1.82) is 0 Å². The van der Waals surface area contributed by atoms with E-state index in [0.717, 1.165) is 31.9 Å². The molecule has 11 heteroatoms. The third-order valence-electron chi connectivity index (χ3n) is 11.2. The lowest BCUT2D eigenvalue weighted by Crippen LogP contribution is -2.59. The zero-order valence-corrected chi connectivity index (χ0v) is 31.9. The second kappa shape index (κ2) is 16.0. The molecule has 0 bridgehead atoms. The summed E-state index contributed by atoms with van der Waals surface area (Å²) in [4.78, 5) is 35.3. The topological polar surface area (TPSA) is 110 Å². The standard InChI is InChI=1S/C38H63N3O8/c1-25-21-37(6,46-11)33(48-34-31(42)30(39(7)8)19-26(2)47-34)27(3)32(43)36(4,5)35(44)49-38(24-40(9)22-25)15-17-41(18-16-38)23-28-13-12-14-29(20-28)45-10/h12-14,20,25-27,30-31,33-34,42H,15-19,21-24H2,1-11H3/t25-,26-,27+,30+,31-,33-,34+,37-/m1/s1. The minimum atomic E-state index is -1.45. The highest BCUT2D eigenvalue weighted by Crippen LogP contribution is 2.40. The molecule has 4 rings (SSSR count). The highest BCUT2D eigenvalue weighted by molar-refractivity contribution is 6.04. The van der Waals surface area contributed by atoms with Crippen molar-refractivity contribution in [3.05, 3.63) is 29.8 Å². The van der Waals surface area contributed by atoms with Crippen LogP contribution in [0.3, 0.4) is 0 Å². The van der Waals surface area contributed by atoms with Gasteiger partial charge in [0.15, 0.2) is 12.1 Å². The van der Waals surface area contributed by atoms with Crippen molar-refractivity contribution in [1.82, 2.24) is 14.7 Å². The van der Waals surface area contributed by atoms with E-state index in [4.69, 9.17) is 23.7 Å². The van der Waals surface area contributed by atoms with Crippen molar-refractivity contribution in [3.63, 3.8) is 0 Å². The van der Waals surface area contributed by atoms with E-state index >= 15 is 0 Å². The van der Waals surface area contributed by atoms with E-state index in [-0.39, 0.29) is 23.8 Å². The van der Waals surface area contributed by atoms with Gasteiger partial charge in [-0.25, -0.2) is 0 Å². The number of aliphatic hydroxyl groups excluding tert-OH is 1. The van der Waals surface area contributed by atoms with Gasteiger partial charge in [0.2, 0.25) is 0 Å². The summed E-state index contributed by atoms with van der Waals surface area (Å²) < 4.78 is 31.0. The predicted octanol–water partition coefficient (Wildman–Crippen LogP) is 3.99. The fourth-order valence-electron chi connectivity index (χ4n) is 8.32. The predicted molar refractivity (Wildman–Crippen MR) is 188 cm³/mol. The van der Waals surface area contributed by atoms with Crippen LogP contribution in [0.15, 0.2) is 24.3 Å². The number of ether oxygens (including phenoxy) is 5. The van der Waals surface area contributed by atoms with Crippen LogP contribution in [-0.2, 0) is 35.1 Å². The summed E-state index contributed by atoms with van der Waals surface area (Å²) in [5.41, 5.74) is -1.94. The van der Waals surface area contributed by atoms with Crippen LogP contribution in [0.2, 0.25) is 0 Å². The van der Waals surface area contributed by atoms with Crippen LogP contribution in [0.1, 0.15) is 72.8 Å². The number of rotatable bonds is 7. The molecule has 0 aromatic heterocycles. The molecule has 0 amide bonds. The molecule has 0 unspecified atom stereocenters. The molecule has 1 N–H and O–H groups in total. The molecule has 3 aliphatic rings. The molecular formula is C38H63N3O8. The summed E-state index contributed by atoms with van der Waals surface area (Å²) >= 11 is 0. The van der Waals surface area contributed by atoms with Gasteiger partial charge in [0.25, 0.3) is 0 Å². The molecule has 0 saturated carbocycles. The Morgan fingerprint density at radius 2 is 1.73 bits per heavy atom. The first-order valence-corrected chi connectivity index (χ1v) is 18.0. The first-order chi connectivity index (χ1) is 22.9. The van der Waals surface area contributed by atoms with Crippen molar-refractivity contribution in [2.45, 2.75) is 116 Å². The zero-order valence-electron chi connectivity index (χ0n) is 31.9. The first-order valence-electron chi connectivity index (χ1n) is 18.0. The Balaban J connectivity index is 1.61. The van der Waals surface area contributed by atoms with Gasteiger partial charge >= 0.3 is 5.97 Å². The van der Waals surface area contributed by atoms with E-state index in [0.29, 0.717) is 32.2 Å². The molecule has 3 heterocycles. The van der Waals surface area contributed by atoms with Gasteiger partial charge in [-0.2, -0.15) is 0 Å². The van der Waals surface area contributed by atoms with Gasteiger partial charge in [-0.1, -0.05) is 26.0 Å². The highest BCUT2D eigenvalue weighted by Gasteiger charge is 2.53. The Morgan fingerprint density at radius 1 is 1.06 bits per heavy atom. The number of ketones is 1. The lowest BCUT2D eigenvalue weighted by Gasteiger charge is -2.47. The molecule has 1 spiro atoms. The number of likely N-dealkylation sites (tertiary alicyclic amines) is 1. The summed E-state index contributed by atoms with van der Waals surface area (Å²) in [5.74, 6) is -0.620. The number of benzene rings is 1. The minimum Gasteiger partial charge on any atom is -0.497 e. The number of piperidine rings is 1. The maximum Gasteiger partial charge on any atom is 0.319 e. The maximum atomic E-state index is 14.5. The average molecular weight is 690 g/mol. The van der Waals surface area contributed by atoms with E-state index in [1.807, 2.05) is 45.0 Å². The van der Waals surface area contributed by atoms with Gasteiger partial charge in [0.05, 0.1) is 24.9 Å². The SMILES string of the molecule is COc1cccc(CN2CCC3(CC2)CN(C)C[C@H](C)C[C@@](C)(OC)[C@H](O[C@@H]2O[C@H](C)C[C@H](N(C)C)[C@H]2O)[C@@H](C)C(=O)C(C)(C)C(=O)O3)c1. The number of aliphatic hydroxyl groups is 1. The number of nitrogens with zero attached hydrogens (tertiary/aromatic N) is 3. The normalized spacial score (nSPS) is 35.3. The molecule has 1 aromatic carbocycles. The number of hydrogen-bond acceptors (Lipinski definition) is 11. The van der Waals surface area contributed by atoms with E-state index in [1.54, 1.807) is 35.0 Å². The summed E-state index contributed by atoms with van der Waals surface area (Å²) in [5, 5.41) is 11.4. The van der Waals surface area contributed by atoms with Crippen LogP contribution in [0.4, 0.5) is 0 Å². The average Bonchev–Trinajstić information content (AvgIpc) is 3.04. The molecule has 8 atom stereocenters. The molecule has 3 fully saturated rings. The van der Waals surface area contributed by atoms with Gasteiger partial charge in [0, 0.05) is 64.6 Å². The summed E-state index contributed by atoms with van der Waals surface area (Å²) in [7, 11) is 9.24.